The van der Waals surface area contributed by atoms with E-state index < -0.39 is 0 Å². The zero-order valence-corrected chi connectivity index (χ0v) is 19.3. The first-order chi connectivity index (χ1) is 16.2. The third-order valence-corrected chi connectivity index (χ3v) is 7.14. The molecule has 0 amide bonds. The van der Waals surface area contributed by atoms with E-state index >= 15 is 0 Å². The van der Waals surface area contributed by atoms with Crippen molar-refractivity contribution < 1.29 is 0 Å². The van der Waals surface area contributed by atoms with Crippen molar-refractivity contribution in [1.82, 2.24) is 0 Å². The topological polar surface area (TPSA) is 0 Å². The van der Waals surface area contributed by atoms with Gasteiger partial charge in [-0.1, -0.05) is 91.5 Å². The van der Waals surface area contributed by atoms with Gasteiger partial charge in [0, 0.05) is 4.90 Å². The van der Waals surface area contributed by atoms with Crippen molar-refractivity contribution in [3.8, 4) is 11.1 Å². The van der Waals surface area contributed by atoms with E-state index in [9.17, 15) is 0 Å². The van der Waals surface area contributed by atoms with Crippen molar-refractivity contribution in [3.63, 3.8) is 0 Å². The molecule has 33 heavy (non-hydrogen) atoms. The van der Waals surface area contributed by atoms with Gasteiger partial charge in [0.1, 0.15) is 0 Å². The first-order valence-electron chi connectivity index (χ1n) is 11.4. The first-order valence-corrected chi connectivity index (χ1v) is 11.9. The van der Waals surface area contributed by atoms with E-state index in [0.717, 1.165) is 17.7 Å². The van der Waals surface area contributed by atoms with Crippen LogP contribution in [-0.2, 0) is 0 Å². The van der Waals surface area contributed by atoms with Gasteiger partial charge in [0.25, 0.3) is 0 Å². The van der Waals surface area contributed by atoms with Gasteiger partial charge < -0.3 is 0 Å². The van der Waals surface area contributed by atoms with Crippen LogP contribution in [0.15, 0.2) is 109 Å². The highest BCUT2D eigenvalue weighted by molar-refractivity contribution is 7.80. The molecule has 0 unspecified atom stereocenters. The maximum absolute atomic E-state index is 4.75. The number of thiol groups is 1. The van der Waals surface area contributed by atoms with Crippen molar-refractivity contribution in [2.24, 2.45) is 0 Å². The minimum atomic E-state index is 1.02. The third kappa shape index (κ3) is 3.32. The quantitative estimate of drug-likeness (QED) is 0.210. The number of rotatable bonds is 3. The third-order valence-electron chi connectivity index (χ3n) is 6.75. The molecule has 1 aliphatic rings. The number of fused-ring (bicyclic) bond motifs is 6. The lowest BCUT2D eigenvalue weighted by Crippen LogP contribution is -1.90. The summed E-state index contributed by atoms with van der Waals surface area (Å²) in [5.74, 6) is 0. The molecule has 0 aliphatic heterocycles. The van der Waals surface area contributed by atoms with Gasteiger partial charge in [-0.25, -0.2) is 0 Å². The number of hydrogen-bond donors (Lipinski definition) is 1. The molecule has 5 aromatic carbocycles. The predicted molar refractivity (Wildman–Crippen MR) is 148 cm³/mol. The number of hydrogen-bond acceptors (Lipinski definition) is 1. The summed E-state index contributed by atoms with van der Waals surface area (Å²) in [4.78, 5) is 1.02. The molecule has 0 heterocycles. The van der Waals surface area contributed by atoms with Gasteiger partial charge in [0.15, 0.2) is 0 Å². The average molecular weight is 441 g/mol. The Labute approximate surface area is 200 Å². The van der Waals surface area contributed by atoms with Crippen molar-refractivity contribution in [3.05, 3.63) is 115 Å². The highest BCUT2D eigenvalue weighted by Crippen LogP contribution is 2.39. The first kappa shape index (κ1) is 20.1. The van der Waals surface area contributed by atoms with Crippen molar-refractivity contribution in [2.75, 3.05) is 0 Å². The van der Waals surface area contributed by atoms with Gasteiger partial charge in [0.05, 0.1) is 0 Å². The highest BCUT2D eigenvalue weighted by Gasteiger charge is 2.13. The molecular formula is C32H24S. The Morgan fingerprint density at radius 2 is 1.42 bits per heavy atom. The summed E-state index contributed by atoms with van der Waals surface area (Å²) < 4.78 is 0. The van der Waals surface area contributed by atoms with E-state index in [1.165, 1.54) is 60.1 Å². The van der Waals surface area contributed by atoms with Crippen LogP contribution in [0, 0.1) is 0 Å². The van der Waals surface area contributed by atoms with Crippen LogP contribution in [0.5, 0.6) is 0 Å². The maximum Gasteiger partial charge on any atom is 0.0119 e. The van der Waals surface area contributed by atoms with Gasteiger partial charge in [-0.05, 0) is 91.2 Å². The normalized spacial score (nSPS) is 13.5. The summed E-state index contributed by atoms with van der Waals surface area (Å²) in [6, 6.07) is 28.7. The Hall–Kier alpha value is -3.55. The van der Waals surface area contributed by atoms with Crippen LogP contribution in [0.25, 0.3) is 55.1 Å². The minimum absolute atomic E-state index is 1.02. The van der Waals surface area contributed by atoms with Gasteiger partial charge in [0.2, 0.25) is 0 Å². The van der Waals surface area contributed by atoms with Crippen LogP contribution in [0.1, 0.15) is 24.0 Å². The molecule has 0 N–H and O–H groups in total. The summed E-state index contributed by atoms with van der Waals surface area (Å²) in [7, 11) is 0. The lowest BCUT2D eigenvalue weighted by molar-refractivity contribution is 1.04. The second-order valence-electron chi connectivity index (χ2n) is 8.65. The molecule has 1 aliphatic carbocycles. The fourth-order valence-electron chi connectivity index (χ4n) is 5.14. The highest BCUT2D eigenvalue weighted by atomic mass is 32.1. The standard InChI is InChI=1S/C32H24S/c1-2-21-11-8-14-27-25-12-6-7-13-26(25)30-20-23(15-17-28(30)32(21)27)24-16-18-31(33)29(19-24)22-9-4-3-5-10-22/h2,4,6-20,33H,1,3,5H2. The molecule has 158 valence electrons. The molecule has 0 atom stereocenters. The Kier molecular flexibility index (Phi) is 4.93. The summed E-state index contributed by atoms with van der Waals surface area (Å²) in [6.07, 6.45) is 11.0. The van der Waals surface area contributed by atoms with E-state index in [2.05, 4.69) is 104 Å². The number of allylic oxidation sites excluding steroid dienone is 4. The van der Waals surface area contributed by atoms with E-state index in [4.69, 9.17) is 12.6 Å². The van der Waals surface area contributed by atoms with E-state index in [-0.39, 0.29) is 0 Å². The summed E-state index contributed by atoms with van der Waals surface area (Å²) in [5, 5.41) is 7.67. The van der Waals surface area contributed by atoms with E-state index in [1.54, 1.807) is 0 Å². The van der Waals surface area contributed by atoms with Crippen LogP contribution in [-0.4, -0.2) is 0 Å². The second kappa shape index (κ2) is 8.10. The lowest BCUT2D eigenvalue weighted by atomic mass is 9.89. The van der Waals surface area contributed by atoms with Gasteiger partial charge in [-0.3, -0.25) is 0 Å². The van der Waals surface area contributed by atoms with Crippen LogP contribution >= 0.6 is 12.6 Å². The zero-order chi connectivity index (χ0) is 22.4. The zero-order valence-electron chi connectivity index (χ0n) is 18.4. The summed E-state index contributed by atoms with van der Waals surface area (Å²) in [5.41, 5.74) is 6.07. The van der Waals surface area contributed by atoms with E-state index in [0.29, 0.717) is 0 Å². The largest absolute Gasteiger partial charge is 0.143 e. The second-order valence-corrected chi connectivity index (χ2v) is 9.13. The van der Waals surface area contributed by atoms with Gasteiger partial charge in [-0.15, -0.1) is 12.6 Å². The van der Waals surface area contributed by atoms with Crippen LogP contribution < -0.4 is 0 Å². The number of benzene rings is 5. The molecule has 0 radical (unpaired) electrons. The van der Waals surface area contributed by atoms with E-state index in [1.807, 2.05) is 6.08 Å². The monoisotopic (exact) mass is 440 g/mol. The summed E-state index contributed by atoms with van der Waals surface area (Å²) in [6.45, 7) is 4.08. The molecular weight excluding hydrogens is 416 g/mol. The van der Waals surface area contributed by atoms with Crippen molar-refractivity contribution in [1.29, 1.82) is 0 Å². The fourth-order valence-corrected chi connectivity index (χ4v) is 5.41. The average Bonchev–Trinajstić information content (AvgIpc) is 2.89. The molecule has 0 bridgehead atoms. The Morgan fingerprint density at radius 3 is 2.21 bits per heavy atom. The van der Waals surface area contributed by atoms with Gasteiger partial charge >= 0.3 is 0 Å². The minimum Gasteiger partial charge on any atom is -0.143 e. The van der Waals surface area contributed by atoms with Crippen molar-refractivity contribution in [2.45, 2.75) is 17.7 Å². The SMILES string of the molecule is C=Cc1cccc2c3ccccc3c3cc(-c4ccc(S)c(C5=CCCC=C5)c4)ccc3c12. The lowest BCUT2D eigenvalue weighted by Gasteiger charge is -2.15. The van der Waals surface area contributed by atoms with Crippen LogP contribution in [0.3, 0.4) is 0 Å². The predicted octanol–water partition coefficient (Wildman–Crippen LogP) is 9.48. The summed E-state index contributed by atoms with van der Waals surface area (Å²) >= 11 is 4.75. The Morgan fingerprint density at radius 1 is 0.697 bits per heavy atom. The Balaban J connectivity index is 1.63. The molecule has 0 fully saturated rings. The Bertz CT molecular complexity index is 1630. The molecule has 5 aromatic rings. The van der Waals surface area contributed by atoms with Crippen molar-refractivity contribution >= 4 is 56.6 Å². The van der Waals surface area contributed by atoms with Crippen LogP contribution in [0.4, 0.5) is 0 Å². The van der Waals surface area contributed by atoms with Crippen LogP contribution in [0.2, 0.25) is 0 Å². The molecule has 0 saturated carbocycles. The molecule has 0 aromatic heterocycles. The smallest absolute Gasteiger partial charge is 0.0119 e. The molecule has 0 nitrogen and oxygen atoms in total. The fraction of sp³-hybridized carbons (Fsp3) is 0.0625. The molecule has 1 heteroatoms. The maximum atomic E-state index is 4.75. The molecule has 0 saturated heterocycles. The van der Waals surface area contributed by atoms with Gasteiger partial charge in [-0.2, -0.15) is 0 Å². The molecule has 0 spiro atoms. The molecule has 6 rings (SSSR count).